The Labute approximate surface area is 170 Å². The molecule has 7 N–H and O–H groups in total. The van der Waals surface area contributed by atoms with E-state index in [9.17, 15) is 30.0 Å². The highest BCUT2D eigenvalue weighted by atomic mass is 16.3. The van der Waals surface area contributed by atoms with Gasteiger partial charge in [-0.15, -0.1) is 0 Å². The van der Waals surface area contributed by atoms with Crippen LogP contribution in [0.3, 0.4) is 0 Å². The Morgan fingerprint density at radius 1 is 1.00 bits per heavy atom. The number of phenolic OH excluding ortho intramolecular Hbond substituents is 4. The zero-order valence-electron chi connectivity index (χ0n) is 15.7. The molecule has 0 saturated carbocycles. The van der Waals surface area contributed by atoms with Gasteiger partial charge in [0.05, 0.1) is 11.9 Å². The summed E-state index contributed by atoms with van der Waals surface area (Å²) in [6, 6.07) is 7.22. The Bertz CT molecular complexity index is 1050. The molecule has 1 aromatic heterocycles. The van der Waals surface area contributed by atoms with Crippen LogP contribution in [0.2, 0.25) is 0 Å². The Hall–Kier alpha value is -4.21. The van der Waals surface area contributed by atoms with Gasteiger partial charge in [-0.2, -0.15) is 0 Å². The topological polar surface area (TPSA) is 168 Å². The fourth-order valence-electron chi connectivity index (χ4n) is 2.80. The lowest BCUT2D eigenvalue weighted by Gasteiger charge is -2.19. The average Bonchev–Trinajstić information content (AvgIpc) is 3.23. The number of imidazole rings is 1. The maximum Gasteiger partial charge on any atom is 0.255 e. The standard InChI is InChI=1S/C20H20N4O6/c25-15-5-1-3-11(17(15)27)8-22-20(30)14(7-12-9-21-10-23-12)24-19(29)13-4-2-6-16(26)18(13)28/h1-6,9-10,14,25-28H,7-8H2,(H,21,23)(H,22,30)(H,24,29)/t14-/m0/s1. The van der Waals surface area contributed by atoms with Gasteiger partial charge in [-0.1, -0.05) is 18.2 Å². The van der Waals surface area contributed by atoms with Crippen molar-refractivity contribution in [3.63, 3.8) is 0 Å². The van der Waals surface area contributed by atoms with Gasteiger partial charge in [-0.25, -0.2) is 4.98 Å². The normalized spacial score (nSPS) is 11.6. The van der Waals surface area contributed by atoms with Crippen LogP contribution in [0.15, 0.2) is 48.9 Å². The fraction of sp³-hybridized carbons (Fsp3) is 0.150. The minimum Gasteiger partial charge on any atom is -0.504 e. The van der Waals surface area contributed by atoms with Gasteiger partial charge in [0.25, 0.3) is 5.91 Å². The first-order chi connectivity index (χ1) is 14.4. The average molecular weight is 412 g/mol. The van der Waals surface area contributed by atoms with Crippen molar-refractivity contribution in [3.8, 4) is 23.0 Å². The number of hydrogen-bond acceptors (Lipinski definition) is 7. The maximum atomic E-state index is 12.7. The fourth-order valence-corrected chi connectivity index (χ4v) is 2.80. The van der Waals surface area contributed by atoms with E-state index in [1.54, 1.807) is 0 Å². The first-order valence-electron chi connectivity index (χ1n) is 8.93. The van der Waals surface area contributed by atoms with Crippen LogP contribution in [-0.2, 0) is 17.8 Å². The van der Waals surface area contributed by atoms with Crippen molar-refractivity contribution in [2.75, 3.05) is 0 Å². The molecule has 0 fully saturated rings. The van der Waals surface area contributed by atoms with Crippen LogP contribution in [0, 0.1) is 0 Å². The summed E-state index contributed by atoms with van der Waals surface area (Å²) in [4.78, 5) is 32.0. The molecule has 2 aromatic carbocycles. The number of phenols is 4. The quantitative estimate of drug-likeness (QED) is 0.283. The first-order valence-corrected chi connectivity index (χ1v) is 8.93. The third kappa shape index (κ3) is 4.61. The minimum absolute atomic E-state index is 0.0726. The van der Waals surface area contributed by atoms with Crippen LogP contribution >= 0.6 is 0 Å². The van der Waals surface area contributed by atoms with Gasteiger partial charge < -0.3 is 36.0 Å². The predicted octanol–water partition coefficient (Wildman–Crippen LogP) is 0.890. The predicted molar refractivity (Wildman–Crippen MR) is 105 cm³/mol. The summed E-state index contributed by atoms with van der Waals surface area (Å²) in [5.41, 5.74) is 0.680. The summed E-state index contributed by atoms with van der Waals surface area (Å²) in [6.07, 6.45) is 3.00. The number of aromatic nitrogens is 2. The number of benzene rings is 2. The van der Waals surface area contributed by atoms with Gasteiger partial charge in [0, 0.05) is 30.4 Å². The van der Waals surface area contributed by atoms with E-state index in [4.69, 9.17) is 0 Å². The van der Waals surface area contributed by atoms with Crippen molar-refractivity contribution in [1.29, 1.82) is 0 Å². The highest BCUT2D eigenvalue weighted by Gasteiger charge is 2.24. The zero-order chi connectivity index (χ0) is 21.7. The molecule has 1 heterocycles. The van der Waals surface area contributed by atoms with Crippen molar-refractivity contribution in [1.82, 2.24) is 20.6 Å². The molecule has 30 heavy (non-hydrogen) atoms. The number of nitrogens with one attached hydrogen (secondary N) is 3. The third-order valence-corrected chi connectivity index (χ3v) is 4.41. The van der Waals surface area contributed by atoms with Gasteiger partial charge >= 0.3 is 0 Å². The molecule has 0 aliphatic rings. The molecule has 0 unspecified atom stereocenters. The molecule has 0 bridgehead atoms. The Morgan fingerprint density at radius 2 is 1.70 bits per heavy atom. The number of H-pyrrole nitrogens is 1. The molecule has 0 spiro atoms. The zero-order valence-corrected chi connectivity index (χ0v) is 15.7. The Balaban J connectivity index is 1.76. The number of carbonyl (C=O) groups is 2. The number of rotatable bonds is 7. The summed E-state index contributed by atoms with van der Waals surface area (Å²) in [5, 5.41) is 44.0. The smallest absolute Gasteiger partial charge is 0.255 e. The highest BCUT2D eigenvalue weighted by Crippen LogP contribution is 2.29. The van der Waals surface area contributed by atoms with E-state index in [1.165, 1.54) is 48.9 Å². The molecule has 10 nitrogen and oxygen atoms in total. The monoisotopic (exact) mass is 412 g/mol. The van der Waals surface area contributed by atoms with Gasteiger partial charge in [0.1, 0.15) is 6.04 Å². The molecule has 3 rings (SSSR count). The highest BCUT2D eigenvalue weighted by molar-refractivity contribution is 6.00. The molecule has 0 aliphatic heterocycles. The number of amides is 2. The second-order valence-electron chi connectivity index (χ2n) is 6.48. The van der Waals surface area contributed by atoms with Crippen LogP contribution in [0.4, 0.5) is 0 Å². The van der Waals surface area contributed by atoms with Crippen molar-refractivity contribution in [3.05, 3.63) is 65.7 Å². The second-order valence-corrected chi connectivity index (χ2v) is 6.48. The van der Waals surface area contributed by atoms with Crippen molar-refractivity contribution in [2.45, 2.75) is 19.0 Å². The van der Waals surface area contributed by atoms with Gasteiger partial charge in [0.15, 0.2) is 23.0 Å². The summed E-state index contributed by atoms with van der Waals surface area (Å²) >= 11 is 0. The number of hydrogen-bond donors (Lipinski definition) is 7. The largest absolute Gasteiger partial charge is 0.504 e. The molecule has 10 heteroatoms. The molecule has 1 atom stereocenters. The first kappa shape index (κ1) is 20.5. The molecule has 2 amide bonds. The molecule has 0 aliphatic carbocycles. The summed E-state index contributed by atoms with van der Waals surface area (Å²) in [5.74, 6) is -3.05. The molecular formula is C20H20N4O6. The van der Waals surface area contributed by atoms with Crippen molar-refractivity contribution < 1.29 is 30.0 Å². The van der Waals surface area contributed by atoms with E-state index in [0.717, 1.165) is 0 Å². The van der Waals surface area contributed by atoms with E-state index in [0.29, 0.717) is 11.3 Å². The molecular weight excluding hydrogens is 392 g/mol. The van der Waals surface area contributed by atoms with Crippen molar-refractivity contribution >= 4 is 11.8 Å². The number of carbonyl (C=O) groups excluding carboxylic acids is 2. The molecule has 0 radical (unpaired) electrons. The SMILES string of the molecule is O=C(N[C@@H](Cc1cnc[nH]1)C(=O)NCc1cccc(O)c1O)c1cccc(O)c1O. The Kier molecular flexibility index (Phi) is 6.06. The Morgan fingerprint density at radius 3 is 2.40 bits per heavy atom. The lowest BCUT2D eigenvalue weighted by atomic mass is 10.1. The lowest BCUT2D eigenvalue weighted by Crippen LogP contribution is -2.47. The summed E-state index contributed by atoms with van der Waals surface area (Å²) in [7, 11) is 0. The maximum absolute atomic E-state index is 12.7. The van der Waals surface area contributed by atoms with Gasteiger partial charge in [0.2, 0.25) is 5.91 Å². The van der Waals surface area contributed by atoms with Crippen molar-refractivity contribution in [2.24, 2.45) is 0 Å². The summed E-state index contributed by atoms with van der Waals surface area (Å²) < 4.78 is 0. The van der Waals surface area contributed by atoms with E-state index >= 15 is 0 Å². The van der Waals surface area contributed by atoms with Crippen LogP contribution < -0.4 is 10.6 Å². The van der Waals surface area contributed by atoms with Gasteiger partial charge in [-0.3, -0.25) is 9.59 Å². The molecule has 3 aromatic rings. The number of nitrogens with zero attached hydrogens (tertiary/aromatic N) is 1. The lowest BCUT2D eigenvalue weighted by molar-refractivity contribution is -0.123. The number of aromatic hydroxyl groups is 4. The number of aromatic amines is 1. The van der Waals surface area contributed by atoms with Crippen LogP contribution in [0.1, 0.15) is 21.6 Å². The van der Waals surface area contributed by atoms with Gasteiger partial charge in [-0.05, 0) is 18.2 Å². The van der Waals surface area contributed by atoms with Crippen LogP contribution in [0.25, 0.3) is 0 Å². The second kappa shape index (κ2) is 8.86. The van der Waals surface area contributed by atoms with E-state index in [1.807, 2.05) is 0 Å². The molecule has 156 valence electrons. The van der Waals surface area contributed by atoms with E-state index in [2.05, 4.69) is 20.6 Å². The number of para-hydroxylation sites is 2. The molecule has 0 saturated heterocycles. The van der Waals surface area contributed by atoms with Crippen LogP contribution in [0.5, 0.6) is 23.0 Å². The van der Waals surface area contributed by atoms with E-state index in [-0.39, 0.29) is 30.0 Å². The summed E-state index contributed by atoms with van der Waals surface area (Å²) in [6.45, 7) is -0.0915. The van der Waals surface area contributed by atoms with Crippen LogP contribution in [-0.4, -0.2) is 48.3 Å². The minimum atomic E-state index is -1.06. The van der Waals surface area contributed by atoms with E-state index < -0.39 is 29.4 Å². The third-order valence-electron chi connectivity index (χ3n) is 4.41.